The fourth-order valence-corrected chi connectivity index (χ4v) is 2.66. The molecule has 1 atom stereocenters. The summed E-state index contributed by atoms with van der Waals surface area (Å²) in [5, 5.41) is 12.1. The quantitative estimate of drug-likeness (QED) is 0.687. The minimum absolute atomic E-state index is 0.210. The summed E-state index contributed by atoms with van der Waals surface area (Å²) in [5.74, 6) is 0. The Labute approximate surface area is 122 Å². The van der Waals surface area contributed by atoms with Crippen molar-refractivity contribution in [2.24, 2.45) is 0 Å². The Morgan fingerprint density at radius 1 is 1.10 bits per heavy atom. The normalized spacial score (nSPS) is 13.3. The van der Waals surface area contributed by atoms with Crippen LogP contribution in [0.4, 0.5) is 0 Å². The van der Waals surface area contributed by atoms with Crippen molar-refractivity contribution >= 4 is 9.84 Å². The molecule has 0 bridgehead atoms. The van der Waals surface area contributed by atoms with Crippen molar-refractivity contribution in [2.75, 3.05) is 19.4 Å². The first-order valence-electron chi connectivity index (χ1n) is 7.09. The molecule has 0 amide bonds. The Bertz CT molecular complexity index is 482. The summed E-state index contributed by atoms with van der Waals surface area (Å²) < 4.78 is 22.8. The molecule has 0 aliphatic heterocycles. The van der Waals surface area contributed by atoms with Gasteiger partial charge in [0, 0.05) is 18.9 Å². The van der Waals surface area contributed by atoms with Crippen molar-refractivity contribution in [3.63, 3.8) is 0 Å². The molecule has 0 aliphatic carbocycles. The van der Waals surface area contributed by atoms with E-state index in [-0.39, 0.29) is 12.6 Å². The van der Waals surface area contributed by atoms with Gasteiger partial charge in [-0.15, -0.1) is 0 Å². The lowest BCUT2D eigenvalue weighted by molar-refractivity contribution is 0.282. The molecule has 5 heteroatoms. The summed E-state index contributed by atoms with van der Waals surface area (Å²) in [6.45, 7) is 3.28. The minimum Gasteiger partial charge on any atom is -0.396 e. The van der Waals surface area contributed by atoms with E-state index in [2.05, 4.69) is 12.2 Å². The van der Waals surface area contributed by atoms with Gasteiger partial charge < -0.3 is 10.4 Å². The predicted octanol–water partition coefficient (Wildman–Crippen LogP) is 2.29. The topological polar surface area (TPSA) is 66.4 Å². The van der Waals surface area contributed by atoms with Gasteiger partial charge in [0.05, 0.1) is 4.90 Å². The lowest BCUT2D eigenvalue weighted by Gasteiger charge is -2.14. The summed E-state index contributed by atoms with van der Waals surface area (Å²) in [6.07, 6.45) is 5.37. The monoisotopic (exact) mass is 299 g/mol. The van der Waals surface area contributed by atoms with E-state index in [0.29, 0.717) is 4.90 Å². The lowest BCUT2D eigenvalue weighted by Crippen LogP contribution is -2.19. The van der Waals surface area contributed by atoms with Crippen LogP contribution in [0.2, 0.25) is 0 Å². The van der Waals surface area contributed by atoms with Crippen LogP contribution in [0.25, 0.3) is 0 Å². The van der Waals surface area contributed by atoms with E-state index >= 15 is 0 Å². The van der Waals surface area contributed by atoms with Crippen molar-refractivity contribution in [1.29, 1.82) is 0 Å². The fourth-order valence-electron chi connectivity index (χ4n) is 2.03. The van der Waals surface area contributed by atoms with E-state index in [0.717, 1.165) is 37.8 Å². The first-order chi connectivity index (χ1) is 9.45. The molecular formula is C15H25NO3S. The number of sulfone groups is 1. The number of unbranched alkanes of at least 4 members (excludes halogenated alkanes) is 3. The molecule has 2 N–H and O–H groups in total. The third-order valence-electron chi connectivity index (χ3n) is 3.34. The molecule has 4 nitrogen and oxygen atoms in total. The summed E-state index contributed by atoms with van der Waals surface area (Å²) in [5.41, 5.74) is 1.09. The van der Waals surface area contributed by atoms with Gasteiger partial charge in [0.25, 0.3) is 0 Å². The van der Waals surface area contributed by atoms with E-state index in [9.17, 15) is 8.42 Å². The molecule has 20 heavy (non-hydrogen) atoms. The summed E-state index contributed by atoms with van der Waals surface area (Å²) in [6, 6.07) is 7.25. The predicted molar refractivity (Wildman–Crippen MR) is 81.5 cm³/mol. The number of hydrogen-bond acceptors (Lipinski definition) is 4. The van der Waals surface area contributed by atoms with Crippen LogP contribution < -0.4 is 5.32 Å². The van der Waals surface area contributed by atoms with Gasteiger partial charge in [-0.2, -0.15) is 0 Å². The van der Waals surface area contributed by atoms with Crippen molar-refractivity contribution in [3.8, 4) is 0 Å². The fraction of sp³-hybridized carbons (Fsp3) is 0.600. The number of aliphatic hydroxyl groups excluding tert-OH is 1. The molecule has 1 rings (SSSR count). The molecule has 1 aromatic rings. The highest BCUT2D eigenvalue weighted by atomic mass is 32.2. The van der Waals surface area contributed by atoms with Gasteiger partial charge in [-0.3, -0.25) is 0 Å². The standard InChI is InChI=1S/C15H25NO3S/c1-13(16-11-5-3-4-6-12-17)14-7-9-15(10-8-14)20(2,18)19/h7-10,13,16-17H,3-6,11-12H2,1-2H3. The van der Waals surface area contributed by atoms with Gasteiger partial charge in [0.1, 0.15) is 0 Å². The molecule has 0 aromatic heterocycles. The van der Waals surface area contributed by atoms with Crippen LogP contribution in [0.1, 0.15) is 44.2 Å². The van der Waals surface area contributed by atoms with Gasteiger partial charge in [-0.05, 0) is 44.0 Å². The van der Waals surface area contributed by atoms with E-state index in [1.807, 2.05) is 12.1 Å². The van der Waals surface area contributed by atoms with Gasteiger partial charge in [-0.1, -0.05) is 25.0 Å². The van der Waals surface area contributed by atoms with Crippen LogP contribution in [0.15, 0.2) is 29.2 Å². The molecule has 1 aromatic carbocycles. The molecule has 114 valence electrons. The average molecular weight is 299 g/mol. The van der Waals surface area contributed by atoms with Crippen molar-refractivity contribution in [3.05, 3.63) is 29.8 Å². The number of nitrogens with one attached hydrogen (secondary N) is 1. The van der Waals surface area contributed by atoms with Crippen molar-refractivity contribution in [2.45, 2.75) is 43.5 Å². The first kappa shape index (κ1) is 17.1. The third-order valence-corrected chi connectivity index (χ3v) is 4.47. The third kappa shape index (κ3) is 6.03. The zero-order valence-corrected chi connectivity index (χ0v) is 13.1. The molecule has 0 spiro atoms. The Kier molecular flexibility index (Phi) is 7.19. The molecule has 0 heterocycles. The summed E-state index contributed by atoms with van der Waals surface area (Å²) in [7, 11) is -3.12. The van der Waals surface area contributed by atoms with E-state index < -0.39 is 9.84 Å². The van der Waals surface area contributed by atoms with Crippen molar-refractivity contribution < 1.29 is 13.5 Å². The van der Waals surface area contributed by atoms with Gasteiger partial charge >= 0.3 is 0 Å². The molecular weight excluding hydrogens is 274 g/mol. The Morgan fingerprint density at radius 2 is 1.70 bits per heavy atom. The second-order valence-electron chi connectivity index (χ2n) is 5.15. The number of benzene rings is 1. The first-order valence-corrected chi connectivity index (χ1v) is 8.98. The molecule has 0 saturated heterocycles. The number of hydrogen-bond donors (Lipinski definition) is 2. The molecule has 0 radical (unpaired) electrons. The lowest BCUT2D eigenvalue weighted by atomic mass is 10.1. The van der Waals surface area contributed by atoms with Crippen LogP contribution in [0, 0.1) is 0 Å². The van der Waals surface area contributed by atoms with Crippen LogP contribution >= 0.6 is 0 Å². The van der Waals surface area contributed by atoms with Gasteiger partial charge in [0.15, 0.2) is 9.84 Å². The molecule has 0 fully saturated rings. The highest BCUT2D eigenvalue weighted by molar-refractivity contribution is 7.90. The highest BCUT2D eigenvalue weighted by Gasteiger charge is 2.08. The maximum Gasteiger partial charge on any atom is 0.175 e. The van der Waals surface area contributed by atoms with Crippen LogP contribution in [-0.4, -0.2) is 32.9 Å². The van der Waals surface area contributed by atoms with Gasteiger partial charge in [-0.25, -0.2) is 8.42 Å². The molecule has 0 aliphatic rings. The maximum absolute atomic E-state index is 11.4. The Morgan fingerprint density at radius 3 is 2.25 bits per heavy atom. The van der Waals surface area contributed by atoms with E-state index in [4.69, 9.17) is 5.11 Å². The Balaban J connectivity index is 2.38. The second-order valence-corrected chi connectivity index (χ2v) is 7.17. The number of rotatable bonds is 9. The zero-order chi connectivity index (χ0) is 15.0. The maximum atomic E-state index is 11.4. The van der Waals surface area contributed by atoms with E-state index in [1.54, 1.807) is 12.1 Å². The summed E-state index contributed by atoms with van der Waals surface area (Å²) >= 11 is 0. The summed E-state index contributed by atoms with van der Waals surface area (Å²) in [4.78, 5) is 0.359. The van der Waals surface area contributed by atoms with Crippen LogP contribution in [0.3, 0.4) is 0 Å². The number of aliphatic hydroxyl groups is 1. The minimum atomic E-state index is -3.12. The highest BCUT2D eigenvalue weighted by Crippen LogP contribution is 2.16. The average Bonchev–Trinajstić information content (AvgIpc) is 2.41. The Hall–Kier alpha value is -0.910. The van der Waals surface area contributed by atoms with Crippen LogP contribution in [0.5, 0.6) is 0 Å². The van der Waals surface area contributed by atoms with E-state index in [1.165, 1.54) is 6.26 Å². The largest absolute Gasteiger partial charge is 0.396 e. The molecule has 1 unspecified atom stereocenters. The molecule has 0 saturated carbocycles. The van der Waals surface area contributed by atoms with Gasteiger partial charge in [0.2, 0.25) is 0 Å². The zero-order valence-electron chi connectivity index (χ0n) is 12.3. The second kappa shape index (κ2) is 8.39. The van der Waals surface area contributed by atoms with Crippen LogP contribution in [-0.2, 0) is 9.84 Å². The smallest absolute Gasteiger partial charge is 0.175 e. The SMILES string of the molecule is CC(NCCCCCCO)c1ccc(S(C)(=O)=O)cc1. The van der Waals surface area contributed by atoms with Crippen molar-refractivity contribution in [1.82, 2.24) is 5.32 Å².